The van der Waals surface area contributed by atoms with Crippen molar-refractivity contribution in [1.29, 1.82) is 0 Å². The maximum absolute atomic E-state index is 12.5. The van der Waals surface area contributed by atoms with E-state index in [-0.39, 0.29) is 10.6 Å². The highest BCUT2D eigenvalue weighted by Crippen LogP contribution is 2.36. The van der Waals surface area contributed by atoms with Crippen molar-refractivity contribution in [2.24, 2.45) is 0 Å². The van der Waals surface area contributed by atoms with Crippen molar-refractivity contribution in [2.45, 2.75) is 43.5 Å². The molecule has 2 rings (SSSR count). The Morgan fingerprint density at radius 1 is 1.38 bits per heavy atom. The average Bonchev–Trinajstić information content (AvgIpc) is 2.36. The maximum Gasteiger partial charge on any atom is 0.312 e. The molecule has 21 heavy (non-hydrogen) atoms. The molecule has 1 aromatic rings. The third kappa shape index (κ3) is 3.16. The molecule has 0 radical (unpaired) electrons. The molecule has 0 aromatic heterocycles. The molecular weight excluding hydrogens is 294 g/mol. The van der Waals surface area contributed by atoms with E-state index in [1.54, 1.807) is 6.92 Å². The Morgan fingerprint density at radius 2 is 2.05 bits per heavy atom. The smallest absolute Gasteiger partial charge is 0.312 e. The molecule has 1 fully saturated rings. The predicted molar refractivity (Wildman–Crippen MR) is 79.8 cm³/mol. The molecule has 1 aromatic carbocycles. The quantitative estimate of drug-likeness (QED) is 0.619. The second kappa shape index (κ2) is 5.61. The molecule has 0 unspecified atom stereocenters. The summed E-state index contributed by atoms with van der Waals surface area (Å²) >= 11 is 0. The van der Waals surface area contributed by atoms with Crippen LogP contribution in [0, 0.1) is 10.1 Å². The van der Waals surface area contributed by atoms with Gasteiger partial charge in [0.15, 0.2) is 4.90 Å². The molecule has 7 nitrogen and oxygen atoms in total. The number of nitro benzene ring substituents is 1. The summed E-state index contributed by atoms with van der Waals surface area (Å²) in [5.41, 5.74) is -0.695. The Balaban J connectivity index is 2.47. The van der Waals surface area contributed by atoms with E-state index in [9.17, 15) is 18.5 Å². The van der Waals surface area contributed by atoms with E-state index in [2.05, 4.69) is 10.0 Å². The number of nitro groups is 1. The molecule has 0 atom stereocenters. The minimum absolute atomic E-state index is 0.212. The Hall–Kier alpha value is -1.67. The normalized spacial score (nSPS) is 17.0. The molecule has 1 aliphatic rings. The zero-order valence-electron chi connectivity index (χ0n) is 12.0. The van der Waals surface area contributed by atoms with Crippen molar-refractivity contribution in [3.63, 3.8) is 0 Å². The topological polar surface area (TPSA) is 101 Å². The van der Waals surface area contributed by atoms with E-state index in [1.807, 2.05) is 6.92 Å². The number of anilines is 1. The van der Waals surface area contributed by atoms with E-state index in [1.165, 1.54) is 18.2 Å². The van der Waals surface area contributed by atoms with Crippen molar-refractivity contribution in [3.05, 3.63) is 28.3 Å². The van der Waals surface area contributed by atoms with Gasteiger partial charge in [0.25, 0.3) is 0 Å². The summed E-state index contributed by atoms with van der Waals surface area (Å²) in [7, 11) is -3.93. The second-order valence-corrected chi connectivity index (χ2v) is 7.11. The fraction of sp³-hybridized carbons (Fsp3) is 0.538. The van der Waals surface area contributed by atoms with Crippen molar-refractivity contribution >= 4 is 21.4 Å². The van der Waals surface area contributed by atoms with Crippen LogP contribution in [0.4, 0.5) is 11.4 Å². The first-order chi connectivity index (χ1) is 9.79. The highest BCUT2D eigenvalue weighted by Gasteiger charge is 2.39. The number of benzene rings is 1. The van der Waals surface area contributed by atoms with Gasteiger partial charge in [0.05, 0.1) is 4.92 Å². The summed E-state index contributed by atoms with van der Waals surface area (Å²) in [6, 6.07) is 4.28. The zero-order valence-corrected chi connectivity index (χ0v) is 12.9. The van der Waals surface area contributed by atoms with Gasteiger partial charge in [-0.2, -0.15) is 0 Å². The maximum atomic E-state index is 12.5. The SMILES string of the molecule is CCNc1cccc(S(=O)(=O)NC2(C)CCC2)c1[N+](=O)[O-]. The monoisotopic (exact) mass is 313 g/mol. The van der Waals surface area contributed by atoms with Gasteiger partial charge >= 0.3 is 5.69 Å². The van der Waals surface area contributed by atoms with Crippen LogP contribution >= 0.6 is 0 Å². The van der Waals surface area contributed by atoms with Crippen LogP contribution in [0.1, 0.15) is 33.1 Å². The van der Waals surface area contributed by atoms with Gasteiger partial charge in [0.2, 0.25) is 10.0 Å². The second-order valence-electron chi connectivity index (χ2n) is 5.46. The van der Waals surface area contributed by atoms with Crippen molar-refractivity contribution in [3.8, 4) is 0 Å². The summed E-state index contributed by atoms with van der Waals surface area (Å²) in [6.45, 7) is 4.07. The zero-order chi connectivity index (χ0) is 15.7. The highest BCUT2D eigenvalue weighted by molar-refractivity contribution is 7.89. The first kappa shape index (κ1) is 15.7. The lowest BCUT2D eigenvalue weighted by Gasteiger charge is -2.38. The van der Waals surface area contributed by atoms with Crippen LogP contribution in [0.2, 0.25) is 0 Å². The number of rotatable bonds is 6. The Labute approximate surface area is 123 Å². The standard InChI is InChI=1S/C13H19N3O4S/c1-3-14-10-6-4-7-11(12(10)16(17)18)21(19,20)15-13(2)8-5-9-13/h4,6-7,14-15H,3,5,8-9H2,1-2H3. The van der Waals surface area contributed by atoms with E-state index < -0.39 is 26.2 Å². The van der Waals surface area contributed by atoms with Gasteiger partial charge in [0, 0.05) is 12.1 Å². The van der Waals surface area contributed by atoms with Gasteiger partial charge in [-0.25, -0.2) is 13.1 Å². The van der Waals surface area contributed by atoms with Crippen LogP contribution in [-0.2, 0) is 10.0 Å². The van der Waals surface area contributed by atoms with E-state index in [4.69, 9.17) is 0 Å². The molecule has 2 N–H and O–H groups in total. The van der Waals surface area contributed by atoms with Gasteiger partial charge in [-0.3, -0.25) is 10.1 Å². The summed E-state index contributed by atoms with van der Waals surface area (Å²) in [5, 5.41) is 14.1. The summed E-state index contributed by atoms with van der Waals surface area (Å²) < 4.78 is 27.5. The van der Waals surface area contributed by atoms with Gasteiger partial charge in [0.1, 0.15) is 5.69 Å². The molecule has 0 spiro atoms. The number of sulfonamides is 1. The van der Waals surface area contributed by atoms with Crippen molar-refractivity contribution in [1.82, 2.24) is 4.72 Å². The van der Waals surface area contributed by atoms with Crippen LogP contribution in [0.15, 0.2) is 23.1 Å². The molecule has 0 heterocycles. The summed E-state index contributed by atoms with van der Waals surface area (Å²) in [6.07, 6.45) is 2.44. The molecule has 1 aliphatic carbocycles. The average molecular weight is 313 g/mol. The fourth-order valence-electron chi connectivity index (χ4n) is 2.45. The Morgan fingerprint density at radius 3 is 2.52 bits per heavy atom. The van der Waals surface area contributed by atoms with Crippen LogP contribution < -0.4 is 10.0 Å². The minimum Gasteiger partial charge on any atom is -0.380 e. The Kier molecular flexibility index (Phi) is 4.20. The van der Waals surface area contributed by atoms with Gasteiger partial charge < -0.3 is 5.32 Å². The number of hydrogen-bond donors (Lipinski definition) is 2. The molecule has 116 valence electrons. The van der Waals surface area contributed by atoms with E-state index in [0.717, 1.165) is 19.3 Å². The summed E-state index contributed by atoms with van der Waals surface area (Å²) in [5.74, 6) is 0. The van der Waals surface area contributed by atoms with Gasteiger partial charge in [-0.1, -0.05) is 6.07 Å². The fourth-order valence-corrected chi connectivity index (χ4v) is 4.11. The van der Waals surface area contributed by atoms with E-state index >= 15 is 0 Å². The van der Waals surface area contributed by atoms with Gasteiger partial charge in [-0.05, 0) is 45.2 Å². The lowest BCUT2D eigenvalue weighted by Crippen LogP contribution is -2.50. The van der Waals surface area contributed by atoms with Crippen LogP contribution in [-0.4, -0.2) is 25.4 Å². The minimum atomic E-state index is -3.93. The molecule has 0 amide bonds. The highest BCUT2D eigenvalue weighted by atomic mass is 32.2. The number of nitrogens with zero attached hydrogens (tertiary/aromatic N) is 1. The van der Waals surface area contributed by atoms with E-state index in [0.29, 0.717) is 6.54 Å². The third-order valence-electron chi connectivity index (χ3n) is 3.68. The number of nitrogens with one attached hydrogen (secondary N) is 2. The molecule has 1 saturated carbocycles. The lowest BCUT2D eigenvalue weighted by atomic mass is 9.80. The van der Waals surface area contributed by atoms with Crippen molar-refractivity contribution < 1.29 is 13.3 Å². The molecule has 8 heteroatoms. The van der Waals surface area contributed by atoms with Crippen molar-refractivity contribution in [2.75, 3.05) is 11.9 Å². The first-order valence-electron chi connectivity index (χ1n) is 6.84. The first-order valence-corrected chi connectivity index (χ1v) is 8.33. The number of para-hydroxylation sites is 1. The molecule has 0 aliphatic heterocycles. The Bertz CT molecular complexity index is 653. The lowest BCUT2D eigenvalue weighted by molar-refractivity contribution is -0.386. The van der Waals surface area contributed by atoms with Crippen LogP contribution in [0.5, 0.6) is 0 Å². The molecule has 0 bridgehead atoms. The molecule has 0 saturated heterocycles. The van der Waals surface area contributed by atoms with Crippen LogP contribution in [0.3, 0.4) is 0 Å². The molecular formula is C13H19N3O4S. The third-order valence-corrected chi connectivity index (χ3v) is 5.35. The largest absolute Gasteiger partial charge is 0.380 e. The summed E-state index contributed by atoms with van der Waals surface area (Å²) in [4.78, 5) is 10.3. The number of hydrogen-bond acceptors (Lipinski definition) is 5. The predicted octanol–water partition coefficient (Wildman–Crippen LogP) is 2.25. The van der Waals surface area contributed by atoms with Crippen LogP contribution in [0.25, 0.3) is 0 Å². The van der Waals surface area contributed by atoms with Gasteiger partial charge in [-0.15, -0.1) is 0 Å².